The predicted octanol–water partition coefficient (Wildman–Crippen LogP) is 2.51. The molecular formula is C24H29N5O2. The van der Waals surface area contributed by atoms with Gasteiger partial charge in [-0.3, -0.25) is 14.2 Å². The highest BCUT2D eigenvalue weighted by Gasteiger charge is 2.21. The summed E-state index contributed by atoms with van der Waals surface area (Å²) in [6.45, 7) is 3.36. The molecule has 0 spiro atoms. The van der Waals surface area contributed by atoms with Crippen LogP contribution in [0.15, 0.2) is 35.4 Å². The van der Waals surface area contributed by atoms with Crippen molar-refractivity contribution in [3.05, 3.63) is 57.6 Å². The first-order valence-electron chi connectivity index (χ1n) is 11.3. The van der Waals surface area contributed by atoms with Gasteiger partial charge in [-0.25, -0.2) is 4.98 Å². The Labute approximate surface area is 182 Å². The summed E-state index contributed by atoms with van der Waals surface area (Å²) in [5, 5.41) is 9.71. The van der Waals surface area contributed by atoms with E-state index in [0.717, 1.165) is 51.7 Å². The molecule has 162 valence electrons. The normalized spacial score (nSPS) is 16.9. The van der Waals surface area contributed by atoms with E-state index in [1.807, 2.05) is 17.0 Å². The van der Waals surface area contributed by atoms with E-state index in [0.29, 0.717) is 31.7 Å². The van der Waals surface area contributed by atoms with E-state index in [9.17, 15) is 14.9 Å². The molecule has 0 radical (unpaired) electrons. The molecule has 2 aliphatic rings. The van der Waals surface area contributed by atoms with Gasteiger partial charge < -0.3 is 9.80 Å². The average molecular weight is 420 g/mol. The number of fused-ring (bicyclic) bond motifs is 1. The van der Waals surface area contributed by atoms with Crippen LogP contribution < -0.4 is 10.5 Å². The van der Waals surface area contributed by atoms with Crippen LogP contribution in [0.3, 0.4) is 0 Å². The highest BCUT2D eigenvalue weighted by atomic mass is 16.2. The van der Waals surface area contributed by atoms with Gasteiger partial charge in [0.1, 0.15) is 6.07 Å². The Morgan fingerprint density at radius 3 is 2.39 bits per heavy atom. The first-order chi connectivity index (χ1) is 15.2. The highest BCUT2D eigenvalue weighted by molar-refractivity contribution is 5.76. The number of nitriles is 1. The maximum atomic E-state index is 13.0. The van der Waals surface area contributed by atoms with Crippen LogP contribution in [-0.4, -0.2) is 46.5 Å². The van der Waals surface area contributed by atoms with Gasteiger partial charge in [-0.15, -0.1) is 0 Å². The maximum Gasteiger partial charge on any atom is 0.273 e. The third kappa shape index (κ3) is 4.79. The van der Waals surface area contributed by atoms with Crippen LogP contribution in [0.5, 0.6) is 0 Å². The number of aryl methyl sites for hydroxylation is 1. The fourth-order valence-electron chi connectivity index (χ4n) is 4.56. The van der Waals surface area contributed by atoms with E-state index in [1.165, 1.54) is 15.7 Å². The van der Waals surface area contributed by atoms with Crippen molar-refractivity contribution in [1.82, 2.24) is 14.5 Å². The summed E-state index contributed by atoms with van der Waals surface area (Å²) in [6, 6.07) is 10.5. The molecule has 2 aromatic rings. The summed E-state index contributed by atoms with van der Waals surface area (Å²) >= 11 is 0. The van der Waals surface area contributed by atoms with E-state index in [1.54, 1.807) is 6.33 Å². The van der Waals surface area contributed by atoms with Crippen LogP contribution >= 0.6 is 0 Å². The smallest absolute Gasteiger partial charge is 0.273 e. The maximum absolute atomic E-state index is 13.0. The van der Waals surface area contributed by atoms with E-state index in [4.69, 9.17) is 0 Å². The van der Waals surface area contributed by atoms with Crippen molar-refractivity contribution in [2.75, 3.05) is 31.1 Å². The summed E-state index contributed by atoms with van der Waals surface area (Å²) in [5.74, 6) is 0.692. The second kappa shape index (κ2) is 9.78. The zero-order valence-corrected chi connectivity index (χ0v) is 17.9. The van der Waals surface area contributed by atoms with Crippen LogP contribution in [-0.2, 0) is 24.2 Å². The summed E-state index contributed by atoms with van der Waals surface area (Å²) in [5.41, 5.74) is 2.45. The lowest BCUT2D eigenvalue weighted by molar-refractivity contribution is -0.130. The molecule has 7 heteroatoms. The van der Waals surface area contributed by atoms with Crippen molar-refractivity contribution in [2.24, 2.45) is 0 Å². The van der Waals surface area contributed by atoms with Gasteiger partial charge in [0.2, 0.25) is 5.91 Å². The Morgan fingerprint density at radius 2 is 1.68 bits per heavy atom. The number of nitrogens with zero attached hydrogens (tertiary/aromatic N) is 5. The minimum Gasteiger partial charge on any atom is -0.355 e. The highest BCUT2D eigenvalue weighted by Crippen LogP contribution is 2.21. The van der Waals surface area contributed by atoms with Gasteiger partial charge in [0, 0.05) is 39.1 Å². The fourth-order valence-corrected chi connectivity index (χ4v) is 4.56. The molecule has 3 heterocycles. The van der Waals surface area contributed by atoms with Crippen LogP contribution in [0.1, 0.15) is 48.8 Å². The van der Waals surface area contributed by atoms with Crippen molar-refractivity contribution in [3.63, 3.8) is 0 Å². The van der Waals surface area contributed by atoms with Gasteiger partial charge >= 0.3 is 0 Å². The molecule has 2 aliphatic heterocycles. The molecule has 1 fully saturated rings. The molecule has 1 saturated heterocycles. The summed E-state index contributed by atoms with van der Waals surface area (Å²) < 4.78 is 1.51. The van der Waals surface area contributed by atoms with Crippen molar-refractivity contribution < 1.29 is 4.79 Å². The molecule has 1 aromatic carbocycles. The Bertz CT molecular complexity index is 1010. The summed E-state index contributed by atoms with van der Waals surface area (Å²) in [7, 11) is 0. The molecule has 0 unspecified atom stereocenters. The molecule has 7 nitrogen and oxygen atoms in total. The molecule has 4 rings (SSSR count). The number of aromatic nitrogens is 2. The molecular weight excluding hydrogens is 390 g/mol. The van der Waals surface area contributed by atoms with Crippen molar-refractivity contribution >= 4 is 11.7 Å². The lowest BCUT2D eigenvalue weighted by atomic mass is 10.0. The standard InChI is InChI=1S/C24H29N5O2/c25-17-21-23(28-15-10-19-7-3-4-8-20(19)11-16-28)26-18-29(24(21)31)14-6-13-27-12-5-1-2-9-22(27)30/h3-4,7-8,18H,1-2,5-6,9-16H2. The lowest BCUT2D eigenvalue weighted by Gasteiger charge is -2.23. The van der Waals surface area contributed by atoms with Crippen LogP contribution in [0.25, 0.3) is 0 Å². The van der Waals surface area contributed by atoms with Crippen molar-refractivity contribution in [3.8, 4) is 6.07 Å². The zero-order valence-electron chi connectivity index (χ0n) is 17.9. The first-order valence-corrected chi connectivity index (χ1v) is 11.3. The second-order valence-corrected chi connectivity index (χ2v) is 8.35. The van der Waals surface area contributed by atoms with Gasteiger partial charge in [0.15, 0.2) is 11.4 Å². The Morgan fingerprint density at radius 1 is 0.935 bits per heavy atom. The van der Waals surface area contributed by atoms with Crippen molar-refractivity contribution in [1.29, 1.82) is 5.26 Å². The van der Waals surface area contributed by atoms with E-state index < -0.39 is 0 Å². The summed E-state index contributed by atoms with van der Waals surface area (Å²) in [6.07, 6.45) is 7.70. The number of hydrogen-bond acceptors (Lipinski definition) is 5. The number of carbonyl (C=O) groups is 1. The SMILES string of the molecule is N#Cc1c(N2CCc3ccccc3CC2)ncn(CCCN2CCCCCC2=O)c1=O. The molecule has 0 atom stereocenters. The third-order valence-electron chi connectivity index (χ3n) is 6.35. The number of benzene rings is 1. The van der Waals surface area contributed by atoms with E-state index in [-0.39, 0.29) is 17.0 Å². The molecule has 1 amide bonds. The van der Waals surface area contributed by atoms with Gasteiger partial charge in [-0.05, 0) is 43.2 Å². The quantitative estimate of drug-likeness (QED) is 0.744. The second-order valence-electron chi connectivity index (χ2n) is 8.35. The number of amides is 1. The van der Waals surface area contributed by atoms with Crippen LogP contribution in [0.4, 0.5) is 5.82 Å². The molecule has 0 saturated carbocycles. The molecule has 1 aromatic heterocycles. The average Bonchev–Trinajstić information content (AvgIpc) is 3.13. The fraction of sp³-hybridized carbons (Fsp3) is 0.500. The molecule has 0 N–H and O–H groups in total. The Kier molecular flexibility index (Phi) is 6.66. The Balaban J connectivity index is 1.44. The molecule has 0 aliphatic carbocycles. The van der Waals surface area contributed by atoms with Gasteiger partial charge in [-0.2, -0.15) is 5.26 Å². The van der Waals surface area contributed by atoms with Gasteiger partial charge in [0.25, 0.3) is 5.56 Å². The first kappa shape index (κ1) is 21.1. The topological polar surface area (TPSA) is 82.2 Å². The minimum atomic E-state index is -0.295. The zero-order chi connectivity index (χ0) is 21.6. The predicted molar refractivity (Wildman–Crippen MR) is 119 cm³/mol. The Hall–Kier alpha value is -3.14. The number of likely N-dealkylation sites (tertiary alicyclic amines) is 1. The monoisotopic (exact) mass is 419 g/mol. The van der Waals surface area contributed by atoms with Crippen LogP contribution in [0, 0.1) is 11.3 Å². The van der Waals surface area contributed by atoms with E-state index >= 15 is 0 Å². The third-order valence-corrected chi connectivity index (χ3v) is 6.35. The van der Waals surface area contributed by atoms with Gasteiger partial charge in [-0.1, -0.05) is 30.7 Å². The number of hydrogen-bond donors (Lipinski definition) is 0. The largest absolute Gasteiger partial charge is 0.355 e. The van der Waals surface area contributed by atoms with Crippen LogP contribution in [0.2, 0.25) is 0 Å². The molecule has 0 bridgehead atoms. The minimum absolute atomic E-state index is 0.110. The van der Waals surface area contributed by atoms with E-state index in [2.05, 4.69) is 28.1 Å². The number of rotatable bonds is 5. The summed E-state index contributed by atoms with van der Waals surface area (Å²) in [4.78, 5) is 33.6. The van der Waals surface area contributed by atoms with Gasteiger partial charge in [0.05, 0.1) is 6.33 Å². The molecule has 31 heavy (non-hydrogen) atoms. The number of carbonyl (C=O) groups excluding carboxylic acids is 1. The number of anilines is 1. The lowest BCUT2D eigenvalue weighted by Crippen LogP contribution is -2.34. The van der Waals surface area contributed by atoms with Crippen molar-refractivity contribution in [2.45, 2.75) is 51.5 Å².